The van der Waals surface area contributed by atoms with Gasteiger partial charge in [-0.3, -0.25) is 9.59 Å². The van der Waals surface area contributed by atoms with Gasteiger partial charge in [-0.05, 0) is 24.5 Å². The lowest BCUT2D eigenvalue weighted by Gasteiger charge is -2.16. The van der Waals surface area contributed by atoms with Gasteiger partial charge in [-0.25, -0.2) is 0 Å². The molecule has 0 spiro atoms. The van der Waals surface area contributed by atoms with Crippen LogP contribution in [0.1, 0.15) is 18.4 Å². The average Bonchev–Trinajstić information content (AvgIpc) is 2.32. The summed E-state index contributed by atoms with van der Waals surface area (Å²) in [5.74, 6) is -0.898. The van der Waals surface area contributed by atoms with E-state index in [9.17, 15) is 9.59 Å². The third-order valence-corrected chi connectivity index (χ3v) is 3.37. The topological polar surface area (TPSA) is 66.4 Å². The maximum Gasteiger partial charge on any atom is 0.303 e. The molecule has 0 fully saturated rings. The Hall–Kier alpha value is -1.26. The van der Waals surface area contributed by atoms with Crippen LogP contribution >= 0.6 is 23.2 Å². The third kappa shape index (κ3) is 4.55. The van der Waals surface area contributed by atoms with E-state index in [1.807, 2.05) is 0 Å². The number of carboxylic acids is 1. The van der Waals surface area contributed by atoms with Crippen LogP contribution < -0.4 is 5.32 Å². The van der Waals surface area contributed by atoms with Gasteiger partial charge in [0.2, 0.25) is 6.41 Å². The number of carbonyl (C=O) groups is 2. The van der Waals surface area contributed by atoms with Gasteiger partial charge in [0.25, 0.3) is 0 Å². The summed E-state index contributed by atoms with van der Waals surface area (Å²) in [5, 5.41) is 12.1. The zero-order valence-electron chi connectivity index (χ0n) is 9.53. The summed E-state index contributed by atoms with van der Waals surface area (Å²) in [7, 11) is 0. The Labute approximate surface area is 115 Å². The van der Waals surface area contributed by atoms with E-state index in [4.69, 9.17) is 28.3 Å². The Bertz CT molecular complexity index is 437. The number of carbonyl (C=O) groups excluding carboxylic acids is 1. The maximum absolute atomic E-state index is 10.5. The Morgan fingerprint density at radius 3 is 2.78 bits per heavy atom. The molecule has 1 atom stereocenters. The molecular weight excluding hydrogens is 277 g/mol. The van der Waals surface area contributed by atoms with E-state index in [2.05, 4.69) is 5.32 Å². The van der Waals surface area contributed by atoms with Crippen molar-refractivity contribution in [3.8, 4) is 0 Å². The van der Waals surface area contributed by atoms with E-state index in [-0.39, 0.29) is 12.5 Å². The number of halogens is 2. The van der Waals surface area contributed by atoms with Crippen LogP contribution in [-0.4, -0.2) is 23.5 Å². The van der Waals surface area contributed by atoms with Crippen LogP contribution in [0.4, 0.5) is 0 Å². The highest BCUT2D eigenvalue weighted by molar-refractivity contribution is 6.42. The molecule has 0 saturated carbocycles. The highest BCUT2D eigenvalue weighted by Gasteiger charge is 2.13. The van der Waals surface area contributed by atoms with Crippen LogP contribution in [0.2, 0.25) is 10.0 Å². The molecule has 0 aliphatic heterocycles. The van der Waals surface area contributed by atoms with Crippen molar-refractivity contribution in [2.75, 3.05) is 0 Å². The molecule has 0 bridgehead atoms. The summed E-state index contributed by atoms with van der Waals surface area (Å²) in [6, 6.07) is 4.97. The largest absolute Gasteiger partial charge is 0.481 e. The fourth-order valence-corrected chi connectivity index (χ4v) is 2.01. The van der Waals surface area contributed by atoms with E-state index in [0.29, 0.717) is 29.3 Å². The smallest absolute Gasteiger partial charge is 0.303 e. The van der Waals surface area contributed by atoms with Gasteiger partial charge in [0, 0.05) is 12.5 Å². The number of hydrogen-bond donors (Lipinski definition) is 2. The molecule has 0 saturated heterocycles. The molecule has 4 nitrogen and oxygen atoms in total. The predicted molar refractivity (Wildman–Crippen MR) is 70.0 cm³/mol. The Kier molecular flexibility index (Phi) is 5.95. The van der Waals surface area contributed by atoms with Crippen LogP contribution in [0.15, 0.2) is 18.2 Å². The summed E-state index contributed by atoms with van der Waals surface area (Å²) >= 11 is 11.9. The minimum atomic E-state index is -0.898. The average molecular weight is 290 g/mol. The molecule has 18 heavy (non-hydrogen) atoms. The lowest BCUT2D eigenvalue weighted by atomic mass is 10.0. The predicted octanol–water partition coefficient (Wildman–Crippen LogP) is 2.52. The van der Waals surface area contributed by atoms with Gasteiger partial charge in [-0.15, -0.1) is 0 Å². The molecule has 1 amide bonds. The van der Waals surface area contributed by atoms with Crippen LogP contribution in [0, 0.1) is 0 Å². The molecular formula is C12H13Cl2NO3. The van der Waals surface area contributed by atoms with Gasteiger partial charge in [0.05, 0.1) is 10.0 Å². The maximum atomic E-state index is 10.5. The Balaban J connectivity index is 2.72. The fourth-order valence-electron chi connectivity index (χ4n) is 1.61. The van der Waals surface area contributed by atoms with E-state index < -0.39 is 5.97 Å². The molecule has 1 unspecified atom stereocenters. The van der Waals surface area contributed by atoms with E-state index in [1.54, 1.807) is 18.2 Å². The summed E-state index contributed by atoms with van der Waals surface area (Å²) < 4.78 is 0. The highest BCUT2D eigenvalue weighted by atomic mass is 35.5. The third-order valence-electron chi connectivity index (χ3n) is 2.51. The lowest BCUT2D eigenvalue weighted by Crippen LogP contribution is -2.30. The van der Waals surface area contributed by atoms with Crippen molar-refractivity contribution in [1.82, 2.24) is 5.32 Å². The molecule has 1 aromatic rings. The van der Waals surface area contributed by atoms with Crippen LogP contribution in [0.3, 0.4) is 0 Å². The quantitative estimate of drug-likeness (QED) is 0.758. The SMILES string of the molecule is O=CNC(CCC(=O)O)Cc1cccc(Cl)c1Cl. The van der Waals surface area contributed by atoms with Crippen LogP contribution in [-0.2, 0) is 16.0 Å². The number of rotatable bonds is 7. The van der Waals surface area contributed by atoms with Gasteiger partial charge in [-0.1, -0.05) is 35.3 Å². The Morgan fingerprint density at radius 2 is 2.17 bits per heavy atom. The van der Waals surface area contributed by atoms with Crippen molar-refractivity contribution in [1.29, 1.82) is 0 Å². The highest BCUT2D eigenvalue weighted by Crippen LogP contribution is 2.26. The molecule has 1 aromatic carbocycles. The molecule has 98 valence electrons. The monoisotopic (exact) mass is 289 g/mol. The van der Waals surface area contributed by atoms with Gasteiger partial charge >= 0.3 is 5.97 Å². The second-order valence-corrected chi connectivity index (χ2v) is 4.62. The number of carboxylic acid groups (broad SMARTS) is 1. The molecule has 6 heteroatoms. The minimum Gasteiger partial charge on any atom is -0.481 e. The van der Waals surface area contributed by atoms with Crippen LogP contribution in [0.5, 0.6) is 0 Å². The molecule has 0 heterocycles. The number of amides is 1. The number of aliphatic carboxylic acids is 1. The zero-order valence-corrected chi connectivity index (χ0v) is 11.0. The first-order valence-electron chi connectivity index (χ1n) is 5.39. The van der Waals surface area contributed by atoms with Crippen molar-refractivity contribution >= 4 is 35.6 Å². The zero-order chi connectivity index (χ0) is 13.5. The summed E-state index contributed by atoms with van der Waals surface area (Å²) in [5.41, 5.74) is 0.786. The first-order chi connectivity index (χ1) is 8.54. The van der Waals surface area contributed by atoms with Crippen molar-refractivity contribution < 1.29 is 14.7 Å². The van der Waals surface area contributed by atoms with Gasteiger partial charge in [0.15, 0.2) is 0 Å². The van der Waals surface area contributed by atoms with Crippen LogP contribution in [0.25, 0.3) is 0 Å². The fraction of sp³-hybridized carbons (Fsp3) is 0.333. The van der Waals surface area contributed by atoms with Crippen molar-refractivity contribution in [3.05, 3.63) is 33.8 Å². The molecule has 0 aromatic heterocycles. The van der Waals surface area contributed by atoms with Gasteiger partial charge in [-0.2, -0.15) is 0 Å². The molecule has 0 aliphatic rings. The van der Waals surface area contributed by atoms with E-state index in [0.717, 1.165) is 5.56 Å². The van der Waals surface area contributed by atoms with E-state index in [1.165, 1.54) is 0 Å². The number of nitrogens with one attached hydrogen (secondary N) is 1. The van der Waals surface area contributed by atoms with Crippen molar-refractivity contribution in [3.63, 3.8) is 0 Å². The van der Waals surface area contributed by atoms with E-state index >= 15 is 0 Å². The lowest BCUT2D eigenvalue weighted by molar-refractivity contribution is -0.137. The minimum absolute atomic E-state index is 0.0102. The first-order valence-corrected chi connectivity index (χ1v) is 6.14. The van der Waals surface area contributed by atoms with Gasteiger partial charge < -0.3 is 10.4 Å². The number of hydrogen-bond acceptors (Lipinski definition) is 2. The molecule has 0 radical (unpaired) electrons. The molecule has 1 rings (SSSR count). The first kappa shape index (κ1) is 14.8. The summed E-state index contributed by atoms with van der Waals surface area (Å²) in [6.07, 6.45) is 1.34. The standard InChI is InChI=1S/C12H13Cl2NO3/c13-10-3-1-2-8(12(10)14)6-9(15-7-16)4-5-11(17)18/h1-3,7,9H,4-6H2,(H,15,16)(H,17,18). The Morgan fingerprint density at radius 1 is 1.44 bits per heavy atom. The molecule has 0 aliphatic carbocycles. The summed E-state index contributed by atoms with van der Waals surface area (Å²) in [6.45, 7) is 0. The number of benzene rings is 1. The second kappa shape index (κ2) is 7.24. The normalized spacial score (nSPS) is 11.9. The second-order valence-electron chi connectivity index (χ2n) is 3.83. The van der Waals surface area contributed by atoms with Gasteiger partial charge in [0.1, 0.15) is 0 Å². The molecule has 2 N–H and O–H groups in total. The van der Waals surface area contributed by atoms with Crippen molar-refractivity contribution in [2.24, 2.45) is 0 Å². The summed E-state index contributed by atoms with van der Waals surface area (Å²) in [4.78, 5) is 21.0. The van der Waals surface area contributed by atoms with Crippen molar-refractivity contribution in [2.45, 2.75) is 25.3 Å².